The zero-order valence-corrected chi connectivity index (χ0v) is 14.0. The van der Waals surface area contributed by atoms with Crippen molar-refractivity contribution in [2.75, 3.05) is 29.9 Å². The highest BCUT2D eigenvalue weighted by molar-refractivity contribution is 5.88. The van der Waals surface area contributed by atoms with Crippen LogP contribution < -0.4 is 10.2 Å². The molecule has 6 heteroatoms. The molecule has 0 bridgehead atoms. The minimum Gasteiger partial charge on any atom is -0.369 e. The highest BCUT2D eigenvalue weighted by atomic mass is 15.3. The lowest BCUT2D eigenvalue weighted by Crippen LogP contribution is -2.50. The summed E-state index contributed by atoms with van der Waals surface area (Å²) in [4.78, 5) is 11.0. The molecule has 1 aliphatic heterocycles. The van der Waals surface area contributed by atoms with Crippen LogP contribution in [0, 0.1) is 5.92 Å². The maximum atomic E-state index is 4.39. The number of aromatic nitrogens is 4. The summed E-state index contributed by atoms with van der Waals surface area (Å²) in [5, 5.41) is 13.3. The van der Waals surface area contributed by atoms with Crippen molar-refractivity contribution in [1.82, 2.24) is 20.2 Å². The summed E-state index contributed by atoms with van der Waals surface area (Å²) in [6.07, 6.45) is 4.15. The fraction of sp³-hybridized carbons (Fsp3) is 0.368. The van der Waals surface area contributed by atoms with Gasteiger partial charge in [-0.25, -0.2) is 9.97 Å². The lowest BCUT2D eigenvalue weighted by molar-refractivity contribution is 0.425. The van der Waals surface area contributed by atoms with E-state index in [2.05, 4.69) is 48.6 Å². The number of hydrogen-bond donors (Lipinski definition) is 1. The molecule has 3 aromatic rings. The van der Waals surface area contributed by atoms with E-state index in [0.29, 0.717) is 11.8 Å². The lowest BCUT2D eigenvalue weighted by atomic mass is 10.00. The molecule has 1 saturated heterocycles. The molecule has 0 radical (unpaired) electrons. The number of benzene rings is 1. The van der Waals surface area contributed by atoms with E-state index >= 15 is 0 Å². The normalized spacial score (nSPS) is 17.5. The Kier molecular flexibility index (Phi) is 3.47. The highest BCUT2D eigenvalue weighted by Crippen LogP contribution is 2.39. The van der Waals surface area contributed by atoms with Gasteiger partial charge in [0.2, 0.25) is 0 Å². The van der Waals surface area contributed by atoms with Gasteiger partial charge in [-0.1, -0.05) is 12.1 Å². The van der Waals surface area contributed by atoms with E-state index in [1.54, 1.807) is 6.33 Å². The Morgan fingerprint density at radius 1 is 1.00 bits per heavy atom. The van der Waals surface area contributed by atoms with Gasteiger partial charge >= 0.3 is 0 Å². The largest absolute Gasteiger partial charge is 0.369 e. The zero-order chi connectivity index (χ0) is 16.6. The molecule has 25 heavy (non-hydrogen) atoms. The van der Waals surface area contributed by atoms with Crippen LogP contribution in [0.2, 0.25) is 0 Å². The van der Waals surface area contributed by atoms with Crippen LogP contribution in [0.1, 0.15) is 24.5 Å². The van der Waals surface area contributed by atoms with Gasteiger partial charge in [0.15, 0.2) is 5.82 Å². The van der Waals surface area contributed by atoms with Gasteiger partial charge in [0.05, 0.1) is 11.2 Å². The quantitative estimate of drug-likeness (QED) is 0.775. The standard InChI is InChI=1S/C19H20N6/c1-2-4-17-15(3-1)19(22-12-21-17)20-9-13-10-25(11-13)18-8-7-16(23-24-18)14-5-6-14/h1-4,7-8,12-14H,5-6,9-11H2,(H,20,21,22). The Labute approximate surface area is 146 Å². The molecule has 1 aliphatic carbocycles. The molecule has 0 atom stereocenters. The monoisotopic (exact) mass is 332 g/mol. The van der Waals surface area contributed by atoms with Gasteiger partial charge in [-0.3, -0.25) is 0 Å². The summed E-state index contributed by atoms with van der Waals surface area (Å²) < 4.78 is 0. The first-order valence-corrected chi connectivity index (χ1v) is 8.89. The average molecular weight is 332 g/mol. The Morgan fingerprint density at radius 2 is 1.88 bits per heavy atom. The fourth-order valence-corrected chi connectivity index (χ4v) is 3.37. The first kappa shape index (κ1) is 14.6. The number of nitrogens with zero attached hydrogens (tertiary/aromatic N) is 5. The summed E-state index contributed by atoms with van der Waals surface area (Å²) in [5.74, 6) is 3.17. The van der Waals surface area contributed by atoms with Crippen molar-refractivity contribution < 1.29 is 0 Å². The highest BCUT2D eigenvalue weighted by Gasteiger charge is 2.29. The Hall–Kier alpha value is -2.76. The van der Waals surface area contributed by atoms with Crippen LogP contribution >= 0.6 is 0 Å². The second-order valence-corrected chi connectivity index (χ2v) is 6.98. The fourth-order valence-electron chi connectivity index (χ4n) is 3.37. The number of rotatable bonds is 5. The molecule has 126 valence electrons. The molecule has 3 heterocycles. The number of fused-ring (bicyclic) bond motifs is 1. The lowest BCUT2D eigenvalue weighted by Gasteiger charge is -2.40. The summed E-state index contributed by atoms with van der Waals surface area (Å²) in [5.41, 5.74) is 2.12. The van der Waals surface area contributed by atoms with Crippen LogP contribution in [0.5, 0.6) is 0 Å². The first-order valence-electron chi connectivity index (χ1n) is 8.89. The predicted molar refractivity (Wildman–Crippen MR) is 97.7 cm³/mol. The molecule has 0 spiro atoms. The number of hydrogen-bond acceptors (Lipinski definition) is 6. The summed E-state index contributed by atoms with van der Waals surface area (Å²) in [6.45, 7) is 2.92. The second kappa shape index (κ2) is 5.95. The summed E-state index contributed by atoms with van der Waals surface area (Å²) in [7, 11) is 0. The van der Waals surface area contributed by atoms with Crippen molar-refractivity contribution in [1.29, 1.82) is 0 Å². The molecule has 2 aromatic heterocycles. The summed E-state index contributed by atoms with van der Waals surface area (Å²) in [6, 6.07) is 12.3. The van der Waals surface area contributed by atoms with Gasteiger partial charge in [-0.05, 0) is 37.1 Å². The topological polar surface area (TPSA) is 66.8 Å². The van der Waals surface area contributed by atoms with Crippen LogP contribution in [-0.4, -0.2) is 39.8 Å². The van der Waals surface area contributed by atoms with Gasteiger partial charge in [0, 0.05) is 36.9 Å². The van der Waals surface area contributed by atoms with Gasteiger partial charge in [0.25, 0.3) is 0 Å². The molecule has 1 aromatic carbocycles. The smallest absolute Gasteiger partial charge is 0.151 e. The van der Waals surface area contributed by atoms with Crippen LogP contribution in [-0.2, 0) is 0 Å². The molecule has 0 amide bonds. The third-order valence-corrected chi connectivity index (χ3v) is 5.05. The maximum absolute atomic E-state index is 4.39. The molecular formula is C19H20N6. The minimum atomic E-state index is 0.596. The molecule has 1 saturated carbocycles. The third kappa shape index (κ3) is 2.88. The molecule has 5 rings (SSSR count). The van der Waals surface area contributed by atoms with E-state index in [4.69, 9.17) is 0 Å². The number of anilines is 2. The van der Waals surface area contributed by atoms with Gasteiger partial charge in [0.1, 0.15) is 12.1 Å². The van der Waals surface area contributed by atoms with Gasteiger partial charge in [-0.2, -0.15) is 5.10 Å². The second-order valence-electron chi connectivity index (χ2n) is 6.98. The Bertz CT molecular complexity index is 879. The van der Waals surface area contributed by atoms with E-state index < -0.39 is 0 Å². The van der Waals surface area contributed by atoms with Crippen LogP contribution in [0.4, 0.5) is 11.6 Å². The summed E-state index contributed by atoms with van der Waals surface area (Å²) >= 11 is 0. The van der Waals surface area contributed by atoms with Crippen molar-refractivity contribution in [3.05, 3.63) is 48.4 Å². The molecule has 2 aliphatic rings. The maximum Gasteiger partial charge on any atom is 0.151 e. The van der Waals surface area contributed by atoms with Crippen LogP contribution in [0.15, 0.2) is 42.7 Å². The van der Waals surface area contributed by atoms with E-state index in [0.717, 1.165) is 47.9 Å². The van der Waals surface area contributed by atoms with E-state index in [1.165, 1.54) is 12.8 Å². The van der Waals surface area contributed by atoms with Crippen molar-refractivity contribution in [3.63, 3.8) is 0 Å². The molecule has 0 unspecified atom stereocenters. The predicted octanol–water partition coefficient (Wildman–Crippen LogP) is 2.85. The van der Waals surface area contributed by atoms with E-state index in [-0.39, 0.29) is 0 Å². The van der Waals surface area contributed by atoms with Gasteiger partial charge < -0.3 is 10.2 Å². The minimum absolute atomic E-state index is 0.596. The van der Waals surface area contributed by atoms with Gasteiger partial charge in [-0.15, -0.1) is 5.10 Å². The zero-order valence-electron chi connectivity index (χ0n) is 14.0. The molecule has 6 nitrogen and oxygen atoms in total. The van der Waals surface area contributed by atoms with Crippen molar-refractivity contribution >= 4 is 22.5 Å². The number of para-hydroxylation sites is 1. The SMILES string of the molecule is c1ccc2c(NCC3CN(c4ccc(C5CC5)nn4)C3)ncnc2c1. The average Bonchev–Trinajstić information content (AvgIpc) is 3.46. The van der Waals surface area contributed by atoms with Crippen molar-refractivity contribution in [2.24, 2.45) is 5.92 Å². The Balaban J connectivity index is 1.18. The molecular weight excluding hydrogens is 312 g/mol. The Morgan fingerprint density at radius 3 is 2.68 bits per heavy atom. The van der Waals surface area contributed by atoms with Crippen LogP contribution in [0.3, 0.4) is 0 Å². The van der Waals surface area contributed by atoms with E-state index in [1.807, 2.05) is 18.2 Å². The molecule has 2 fully saturated rings. The first-order chi connectivity index (χ1) is 12.4. The van der Waals surface area contributed by atoms with Crippen molar-refractivity contribution in [3.8, 4) is 0 Å². The third-order valence-electron chi connectivity index (χ3n) is 5.05. The van der Waals surface area contributed by atoms with Crippen LogP contribution in [0.25, 0.3) is 10.9 Å². The van der Waals surface area contributed by atoms with Crippen molar-refractivity contribution in [2.45, 2.75) is 18.8 Å². The molecule has 1 N–H and O–H groups in total. The van der Waals surface area contributed by atoms with E-state index in [9.17, 15) is 0 Å². The number of nitrogens with one attached hydrogen (secondary N) is 1.